The highest BCUT2D eigenvalue weighted by molar-refractivity contribution is 9.11. The lowest BCUT2D eigenvalue weighted by molar-refractivity contribution is 0.414. The van der Waals surface area contributed by atoms with E-state index in [1.54, 1.807) is 18.4 Å². The highest BCUT2D eigenvalue weighted by atomic mass is 79.9. The van der Waals surface area contributed by atoms with Gasteiger partial charge in [0, 0.05) is 10.4 Å². The highest BCUT2D eigenvalue weighted by Gasteiger charge is 2.20. The predicted molar refractivity (Wildman–Crippen MR) is 85.0 cm³/mol. The van der Waals surface area contributed by atoms with Gasteiger partial charge in [0.2, 0.25) is 0 Å². The first-order valence-corrected chi connectivity index (χ1v) is 7.75. The smallest absolute Gasteiger partial charge is 0.118 e. The van der Waals surface area contributed by atoms with Gasteiger partial charge in [-0.2, -0.15) is 0 Å². The van der Waals surface area contributed by atoms with Gasteiger partial charge in [-0.1, -0.05) is 12.1 Å². The SMILES string of the molecule is COc1ccc(CC(C)(N)Cc2ccc(Br)s2)cc1. The zero-order chi connectivity index (χ0) is 13.9. The number of methoxy groups -OCH3 is 1. The van der Waals surface area contributed by atoms with E-state index >= 15 is 0 Å². The van der Waals surface area contributed by atoms with E-state index < -0.39 is 0 Å². The first kappa shape index (κ1) is 14.6. The molecule has 2 nitrogen and oxygen atoms in total. The molecule has 1 aromatic carbocycles. The average Bonchev–Trinajstić information content (AvgIpc) is 2.74. The standard InChI is InChI=1S/C15H18BrNOS/c1-15(17,10-13-7-8-14(16)19-13)9-11-3-5-12(18-2)6-4-11/h3-8H,9-10,17H2,1-2H3. The molecule has 1 unspecified atom stereocenters. The van der Waals surface area contributed by atoms with Gasteiger partial charge in [0.1, 0.15) is 5.75 Å². The first-order chi connectivity index (χ1) is 8.98. The van der Waals surface area contributed by atoms with Gasteiger partial charge < -0.3 is 10.5 Å². The summed E-state index contributed by atoms with van der Waals surface area (Å²) in [6.07, 6.45) is 1.74. The normalized spacial score (nSPS) is 14.1. The van der Waals surface area contributed by atoms with E-state index in [2.05, 4.69) is 47.1 Å². The van der Waals surface area contributed by atoms with Gasteiger partial charge in [-0.15, -0.1) is 11.3 Å². The topological polar surface area (TPSA) is 35.2 Å². The summed E-state index contributed by atoms with van der Waals surface area (Å²) in [5, 5.41) is 0. The van der Waals surface area contributed by atoms with Crippen molar-refractivity contribution in [3.05, 3.63) is 50.6 Å². The van der Waals surface area contributed by atoms with Gasteiger partial charge in [0.15, 0.2) is 0 Å². The summed E-state index contributed by atoms with van der Waals surface area (Å²) in [7, 11) is 1.68. The molecular weight excluding hydrogens is 322 g/mol. The van der Waals surface area contributed by atoms with Crippen molar-refractivity contribution in [2.24, 2.45) is 5.73 Å². The van der Waals surface area contributed by atoms with Crippen LogP contribution in [0, 0.1) is 0 Å². The summed E-state index contributed by atoms with van der Waals surface area (Å²) < 4.78 is 6.32. The number of ether oxygens (including phenoxy) is 1. The molecule has 0 aliphatic carbocycles. The lowest BCUT2D eigenvalue weighted by Crippen LogP contribution is -2.40. The van der Waals surface area contributed by atoms with E-state index in [4.69, 9.17) is 10.5 Å². The van der Waals surface area contributed by atoms with Gasteiger partial charge >= 0.3 is 0 Å². The molecular formula is C15H18BrNOS. The Kier molecular flexibility index (Phi) is 4.66. The largest absolute Gasteiger partial charge is 0.497 e. The number of nitrogens with two attached hydrogens (primary N) is 1. The zero-order valence-electron chi connectivity index (χ0n) is 11.2. The first-order valence-electron chi connectivity index (χ1n) is 6.14. The molecule has 1 heterocycles. The van der Waals surface area contributed by atoms with E-state index in [-0.39, 0.29) is 5.54 Å². The van der Waals surface area contributed by atoms with Crippen LogP contribution in [-0.2, 0) is 12.8 Å². The van der Waals surface area contributed by atoms with Crippen LogP contribution in [0.1, 0.15) is 17.4 Å². The Morgan fingerprint density at radius 2 is 1.84 bits per heavy atom. The third kappa shape index (κ3) is 4.34. The number of benzene rings is 1. The minimum Gasteiger partial charge on any atom is -0.497 e. The summed E-state index contributed by atoms with van der Waals surface area (Å²) in [6, 6.07) is 12.3. The minimum atomic E-state index is -0.237. The Morgan fingerprint density at radius 3 is 2.37 bits per heavy atom. The fourth-order valence-electron chi connectivity index (χ4n) is 2.12. The van der Waals surface area contributed by atoms with Crippen molar-refractivity contribution in [1.82, 2.24) is 0 Å². The lowest BCUT2D eigenvalue weighted by Gasteiger charge is -2.24. The molecule has 0 radical (unpaired) electrons. The van der Waals surface area contributed by atoms with Crippen molar-refractivity contribution < 1.29 is 4.74 Å². The van der Waals surface area contributed by atoms with Gasteiger partial charge in [-0.3, -0.25) is 0 Å². The molecule has 1 aromatic heterocycles. The van der Waals surface area contributed by atoms with Crippen LogP contribution in [0.25, 0.3) is 0 Å². The summed E-state index contributed by atoms with van der Waals surface area (Å²) >= 11 is 5.23. The minimum absolute atomic E-state index is 0.237. The second kappa shape index (κ2) is 6.07. The van der Waals surface area contributed by atoms with Gasteiger partial charge in [-0.25, -0.2) is 0 Å². The van der Waals surface area contributed by atoms with Crippen LogP contribution in [0.2, 0.25) is 0 Å². The van der Waals surface area contributed by atoms with Crippen molar-refractivity contribution >= 4 is 27.3 Å². The fourth-order valence-corrected chi connectivity index (χ4v) is 3.80. The van der Waals surface area contributed by atoms with Crippen molar-refractivity contribution in [1.29, 1.82) is 0 Å². The van der Waals surface area contributed by atoms with Crippen molar-refractivity contribution in [2.75, 3.05) is 7.11 Å². The average molecular weight is 340 g/mol. The molecule has 1 atom stereocenters. The van der Waals surface area contributed by atoms with Crippen LogP contribution in [0.3, 0.4) is 0 Å². The lowest BCUT2D eigenvalue weighted by atomic mass is 9.90. The predicted octanol–water partition coefficient (Wildman–Crippen LogP) is 4.02. The van der Waals surface area contributed by atoms with Gasteiger partial charge in [0.05, 0.1) is 10.9 Å². The van der Waals surface area contributed by atoms with Crippen molar-refractivity contribution in [3.63, 3.8) is 0 Å². The maximum absolute atomic E-state index is 6.42. The molecule has 2 aromatic rings. The molecule has 0 spiro atoms. The summed E-state index contributed by atoms with van der Waals surface area (Å²) in [5.41, 5.74) is 7.42. The van der Waals surface area contributed by atoms with Gasteiger partial charge in [-0.05, 0) is 65.5 Å². The Labute approximate surface area is 126 Å². The summed E-state index contributed by atoms with van der Waals surface area (Å²) in [5.74, 6) is 0.879. The Hall–Kier alpha value is -0.840. The molecule has 0 saturated heterocycles. The number of rotatable bonds is 5. The molecule has 0 bridgehead atoms. The van der Waals surface area contributed by atoms with E-state index in [1.165, 1.54) is 10.4 Å². The second-order valence-corrected chi connectivity index (χ2v) is 7.61. The Bertz CT molecular complexity index is 533. The van der Waals surface area contributed by atoms with Crippen molar-refractivity contribution in [3.8, 4) is 5.75 Å². The number of hydrogen-bond acceptors (Lipinski definition) is 3. The van der Waals surface area contributed by atoms with E-state index in [9.17, 15) is 0 Å². The Morgan fingerprint density at radius 1 is 1.16 bits per heavy atom. The summed E-state index contributed by atoms with van der Waals surface area (Å²) in [4.78, 5) is 1.31. The highest BCUT2D eigenvalue weighted by Crippen LogP contribution is 2.26. The van der Waals surface area contributed by atoms with Crippen molar-refractivity contribution in [2.45, 2.75) is 25.3 Å². The van der Waals surface area contributed by atoms with Crippen LogP contribution >= 0.6 is 27.3 Å². The van der Waals surface area contributed by atoms with E-state index in [1.807, 2.05) is 12.1 Å². The molecule has 0 saturated carbocycles. The molecule has 0 aliphatic rings. The molecule has 102 valence electrons. The third-order valence-corrected chi connectivity index (χ3v) is 4.60. The zero-order valence-corrected chi connectivity index (χ0v) is 13.6. The van der Waals surface area contributed by atoms with Crippen LogP contribution in [0.4, 0.5) is 0 Å². The maximum atomic E-state index is 6.42. The second-order valence-electron chi connectivity index (χ2n) is 5.06. The third-order valence-electron chi connectivity index (χ3n) is 2.97. The summed E-state index contributed by atoms with van der Waals surface area (Å²) in [6.45, 7) is 2.10. The van der Waals surface area contributed by atoms with E-state index in [0.29, 0.717) is 0 Å². The molecule has 2 rings (SSSR count). The molecule has 0 fully saturated rings. The van der Waals surface area contributed by atoms with Crippen LogP contribution in [-0.4, -0.2) is 12.6 Å². The van der Waals surface area contributed by atoms with Gasteiger partial charge in [0.25, 0.3) is 0 Å². The monoisotopic (exact) mass is 339 g/mol. The number of thiophene rings is 1. The Balaban J connectivity index is 2.03. The molecule has 0 amide bonds. The number of halogens is 1. The molecule has 2 N–H and O–H groups in total. The number of hydrogen-bond donors (Lipinski definition) is 1. The fraction of sp³-hybridized carbons (Fsp3) is 0.333. The maximum Gasteiger partial charge on any atom is 0.118 e. The molecule has 0 aliphatic heterocycles. The van der Waals surface area contributed by atoms with Crippen LogP contribution < -0.4 is 10.5 Å². The van der Waals surface area contributed by atoms with E-state index in [0.717, 1.165) is 22.4 Å². The molecule has 19 heavy (non-hydrogen) atoms. The van der Waals surface area contributed by atoms with Crippen LogP contribution in [0.15, 0.2) is 40.2 Å². The van der Waals surface area contributed by atoms with Crippen LogP contribution in [0.5, 0.6) is 5.75 Å². The molecule has 4 heteroatoms. The quantitative estimate of drug-likeness (QED) is 0.892.